The van der Waals surface area contributed by atoms with Gasteiger partial charge in [-0.05, 0) is 19.3 Å². The van der Waals surface area contributed by atoms with Crippen molar-refractivity contribution in [1.82, 2.24) is 4.57 Å². The van der Waals surface area contributed by atoms with Crippen LogP contribution in [0.5, 0.6) is 11.6 Å². The van der Waals surface area contributed by atoms with Crippen molar-refractivity contribution >= 4 is 0 Å². The quantitative estimate of drug-likeness (QED) is 0.766. The molecule has 1 aromatic rings. The van der Waals surface area contributed by atoms with E-state index in [0.717, 1.165) is 24.1 Å². The summed E-state index contributed by atoms with van der Waals surface area (Å²) in [4.78, 5) is 0. The minimum atomic E-state index is 0.162. The van der Waals surface area contributed by atoms with E-state index < -0.39 is 0 Å². The van der Waals surface area contributed by atoms with Crippen molar-refractivity contribution in [3.05, 3.63) is 12.3 Å². The van der Waals surface area contributed by atoms with Gasteiger partial charge in [-0.2, -0.15) is 0 Å². The summed E-state index contributed by atoms with van der Waals surface area (Å²) in [5.74, 6) is 2.56. The maximum Gasteiger partial charge on any atom is 0.237 e. The van der Waals surface area contributed by atoms with Gasteiger partial charge in [-0.1, -0.05) is 33.1 Å². The summed E-state index contributed by atoms with van der Waals surface area (Å²) < 4.78 is 13.8. The molecule has 3 heteroatoms. The third-order valence-electron chi connectivity index (χ3n) is 3.66. The van der Waals surface area contributed by atoms with Crippen LogP contribution in [-0.4, -0.2) is 17.3 Å². The van der Waals surface area contributed by atoms with Crippen molar-refractivity contribution in [2.75, 3.05) is 6.61 Å². The van der Waals surface area contributed by atoms with E-state index in [-0.39, 0.29) is 6.10 Å². The average Bonchev–Trinajstić information content (AvgIpc) is 2.76. The van der Waals surface area contributed by atoms with E-state index in [1.165, 1.54) is 25.7 Å². The van der Waals surface area contributed by atoms with Gasteiger partial charge < -0.3 is 14.0 Å². The molecule has 0 saturated heterocycles. The van der Waals surface area contributed by atoms with Crippen molar-refractivity contribution in [1.29, 1.82) is 0 Å². The fourth-order valence-electron chi connectivity index (χ4n) is 2.47. The van der Waals surface area contributed by atoms with Crippen LogP contribution in [-0.2, 0) is 6.54 Å². The number of unbranched alkanes of at least 4 members (excludes halogenated alkanes) is 1. The molecule has 18 heavy (non-hydrogen) atoms. The summed E-state index contributed by atoms with van der Waals surface area (Å²) >= 11 is 0. The highest BCUT2D eigenvalue weighted by molar-refractivity contribution is 5.37. The number of hydrogen-bond donors (Lipinski definition) is 0. The second-order valence-electron chi connectivity index (χ2n) is 5.29. The molecule has 0 amide bonds. The zero-order valence-corrected chi connectivity index (χ0v) is 11.8. The molecule has 2 unspecified atom stereocenters. The van der Waals surface area contributed by atoms with Gasteiger partial charge in [0.2, 0.25) is 5.88 Å². The molecule has 3 nitrogen and oxygen atoms in total. The molecule has 0 radical (unpaired) electrons. The van der Waals surface area contributed by atoms with Crippen LogP contribution in [0, 0.1) is 5.92 Å². The van der Waals surface area contributed by atoms with Crippen LogP contribution in [0.1, 0.15) is 46.5 Å². The third-order valence-corrected chi connectivity index (χ3v) is 3.66. The van der Waals surface area contributed by atoms with Crippen molar-refractivity contribution in [3.8, 4) is 11.6 Å². The zero-order valence-electron chi connectivity index (χ0n) is 11.8. The molecule has 2 rings (SSSR count). The lowest BCUT2D eigenvalue weighted by Gasteiger charge is -2.24. The Morgan fingerprint density at radius 3 is 3.00 bits per heavy atom. The van der Waals surface area contributed by atoms with Gasteiger partial charge in [-0.3, -0.25) is 0 Å². The second kappa shape index (κ2) is 6.17. The van der Waals surface area contributed by atoms with Gasteiger partial charge in [0.25, 0.3) is 0 Å². The van der Waals surface area contributed by atoms with Gasteiger partial charge in [0.15, 0.2) is 5.75 Å². The van der Waals surface area contributed by atoms with E-state index >= 15 is 0 Å². The van der Waals surface area contributed by atoms with Crippen molar-refractivity contribution in [2.24, 2.45) is 5.92 Å². The van der Waals surface area contributed by atoms with E-state index in [9.17, 15) is 0 Å². The number of hydrogen-bond acceptors (Lipinski definition) is 2. The largest absolute Gasteiger partial charge is 0.481 e. The SMILES string of the molecule is CCCCC(CC)Cn1ccc2c1OCC(C)O2. The average molecular weight is 251 g/mol. The van der Waals surface area contributed by atoms with Gasteiger partial charge in [-0.15, -0.1) is 0 Å². The van der Waals surface area contributed by atoms with Crippen molar-refractivity contribution in [3.63, 3.8) is 0 Å². The Labute approximate surface area is 110 Å². The highest BCUT2D eigenvalue weighted by Gasteiger charge is 2.22. The number of nitrogens with zero attached hydrogens (tertiary/aromatic N) is 1. The maximum atomic E-state index is 5.79. The molecule has 0 bridgehead atoms. The molecule has 0 fully saturated rings. The monoisotopic (exact) mass is 251 g/mol. The Bertz CT molecular complexity index is 373. The van der Waals surface area contributed by atoms with E-state index in [2.05, 4.69) is 24.6 Å². The fraction of sp³-hybridized carbons (Fsp3) is 0.733. The smallest absolute Gasteiger partial charge is 0.237 e. The molecule has 1 aliphatic rings. The van der Waals surface area contributed by atoms with Gasteiger partial charge in [0, 0.05) is 18.8 Å². The minimum absolute atomic E-state index is 0.162. The minimum Gasteiger partial charge on any atom is -0.481 e. The van der Waals surface area contributed by atoms with Crippen molar-refractivity contribution in [2.45, 2.75) is 59.1 Å². The molecular weight excluding hydrogens is 226 g/mol. The Morgan fingerprint density at radius 2 is 2.28 bits per heavy atom. The molecule has 0 spiro atoms. The van der Waals surface area contributed by atoms with E-state index in [1.807, 2.05) is 13.0 Å². The van der Waals surface area contributed by atoms with Gasteiger partial charge in [-0.25, -0.2) is 0 Å². The summed E-state index contributed by atoms with van der Waals surface area (Å²) in [5.41, 5.74) is 0. The van der Waals surface area contributed by atoms with Gasteiger partial charge in [0.1, 0.15) is 12.7 Å². The van der Waals surface area contributed by atoms with Gasteiger partial charge >= 0.3 is 0 Å². The van der Waals surface area contributed by atoms with Crippen LogP contribution < -0.4 is 9.47 Å². The lowest BCUT2D eigenvalue weighted by Crippen LogP contribution is -2.26. The van der Waals surface area contributed by atoms with Crippen LogP contribution in [0.25, 0.3) is 0 Å². The fourth-order valence-corrected chi connectivity index (χ4v) is 2.47. The zero-order chi connectivity index (χ0) is 13.0. The van der Waals surface area contributed by atoms with Crippen molar-refractivity contribution < 1.29 is 9.47 Å². The standard InChI is InChI=1S/C15H25NO2/c1-4-6-7-13(5-2)10-16-9-8-14-15(16)17-11-12(3)18-14/h8-9,12-13H,4-7,10-11H2,1-3H3. The summed E-state index contributed by atoms with van der Waals surface area (Å²) in [6, 6.07) is 2.03. The topological polar surface area (TPSA) is 23.4 Å². The highest BCUT2D eigenvalue weighted by atomic mass is 16.6. The van der Waals surface area contributed by atoms with Crippen LogP contribution in [0.15, 0.2) is 12.3 Å². The first-order valence-electron chi connectivity index (χ1n) is 7.23. The predicted molar refractivity (Wildman–Crippen MR) is 73.3 cm³/mol. The molecule has 2 atom stereocenters. The summed E-state index contributed by atoms with van der Waals surface area (Å²) in [7, 11) is 0. The molecule has 1 aromatic heterocycles. The van der Waals surface area contributed by atoms with E-state index in [4.69, 9.17) is 9.47 Å². The molecule has 0 aromatic carbocycles. The Hall–Kier alpha value is -1.12. The van der Waals surface area contributed by atoms with E-state index in [1.54, 1.807) is 0 Å². The number of rotatable bonds is 6. The molecule has 0 saturated carbocycles. The van der Waals surface area contributed by atoms with Crippen LogP contribution in [0.2, 0.25) is 0 Å². The Kier molecular flexibility index (Phi) is 4.56. The lowest BCUT2D eigenvalue weighted by atomic mass is 9.99. The normalized spacial score (nSPS) is 19.8. The first kappa shape index (κ1) is 13.3. The summed E-state index contributed by atoms with van der Waals surface area (Å²) in [6.45, 7) is 8.26. The lowest BCUT2D eigenvalue weighted by molar-refractivity contribution is 0.0953. The first-order valence-corrected chi connectivity index (χ1v) is 7.23. The maximum absolute atomic E-state index is 5.79. The highest BCUT2D eigenvalue weighted by Crippen LogP contribution is 2.34. The van der Waals surface area contributed by atoms with Gasteiger partial charge in [0.05, 0.1) is 0 Å². The first-order chi connectivity index (χ1) is 8.74. The molecule has 102 valence electrons. The number of aromatic nitrogens is 1. The van der Waals surface area contributed by atoms with Crippen LogP contribution in [0.4, 0.5) is 0 Å². The molecule has 2 heterocycles. The Morgan fingerprint density at radius 1 is 1.44 bits per heavy atom. The summed E-state index contributed by atoms with van der Waals surface area (Å²) in [5, 5.41) is 0. The number of ether oxygens (including phenoxy) is 2. The van der Waals surface area contributed by atoms with Crippen LogP contribution >= 0.6 is 0 Å². The number of fused-ring (bicyclic) bond motifs is 1. The predicted octanol–water partition coefficient (Wildman–Crippen LogP) is 3.86. The summed E-state index contributed by atoms with van der Waals surface area (Å²) in [6.07, 6.45) is 7.38. The second-order valence-corrected chi connectivity index (χ2v) is 5.29. The molecule has 0 N–H and O–H groups in total. The van der Waals surface area contributed by atoms with Crippen LogP contribution in [0.3, 0.4) is 0 Å². The molecular formula is C15H25NO2. The molecule has 0 aliphatic carbocycles. The Balaban J connectivity index is 2.01. The molecule has 1 aliphatic heterocycles. The van der Waals surface area contributed by atoms with E-state index in [0.29, 0.717) is 6.61 Å². The third kappa shape index (κ3) is 3.01.